The van der Waals surface area contributed by atoms with Gasteiger partial charge in [-0.15, -0.1) is 0 Å². The van der Waals surface area contributed by atoms with E-state index in [4.69, 9.17) is 11.6 Å². The molecule has 1 saturated heterocycles. The summed E-state index contributed by atoms with van der Waals surface area (Å²) in [5, 5.41) is 0. The van der Waals surface area contributed by atoms with Gasteiger partial charge in [-0.1, -0.05) is 6.85 Å². The van der Waals surface area contributed by atoms with Crippen molar-refractivity contribution >= 4 is 0 Å². The molecule has 2 nitrogen and oxygen atoms in total. The molecule has 0 bridgehead atoms. The van der Waals surface area contributed by atoms with E-state index in [0.717, 1.165) is 17.0 Å². The number of hydrogen-bond donors (Lipinski definition) is 0. The van der Waals surface area contributed by atoms with Crippen LogP contribution in [0, 0.1) is 11.6 Å². The zero-order chi connectivity index (χ0) is 15.1. The first-order chi connectivity index (χ1) is 9.09. The molecule has 0 aliphatic carbocycles. The summed E-state index contributed by atoms with van der Waals surface area (Å²) in [6.07, 6.45) is -0.492. The minimum atomic E-state index is -2.76. The highest BCUT2D eigenvalue weighted by Crippen LogP contribution is 2.20. The summed E-state index contributed by atoms with van der Waals surface area (Å²) >= 11 is 0. The largest absolute Gasteiger partial charge is 0.488 e. The number of ether oxygens (including phenoxy) is 1. The highest BCUT2D eigenvalue weighted by molar-refractivity contribution is 5.24. The van der Waals surface area contributed by atoms with Gasteiger partial charge >= 0.3 is 0 Å². The summed E-state index contributed by atoms with van der Waals surface area (Å²) in [6, 6.07) is 2.75. The number of rotatable bonds is 3. The quantitative estimate of drug-likeness (QED) is 0.770. The fourth-order valence-corrected chi connectivity index (χ4v) is 1.39. The Labute approximate surface area is 94.5 Å². The molecule has 4 heteroatoms. The molecule has 0 unspecified atom stereocenters. The first kappa shape index (κ1) is 5.80. The van der Waals surface area contributed by atoms with E-state index in [1.54, 1.807) is 0 Å². The molecule has 0 radical (unpaired) electrons. The molecule has 1 fully saturated rings. The fraction of sp³-hybridized carbons (Fsp3) is 0.455. The van der Waals surface area contributed by atoms with Gasteiger partial charge in [0, 0.05) is 38.1 Å². The van der Waals surface area contributed by atoms with Gasteiger partial charge in [0.05, 0.1) is 0 Å². The predicted octanol–water partition coefficient (Wildman–Crippen LogP) is 2.05. The van der Waals surface area contributed by atoms with Crippen molar-refractivity contribution < 1.29 is 20.4 Å². The minimum absolute atomic E-state index is 0.00148. The van der Waals surface area contributed by atoms with Gasteiger partial charge < -0.3 is 4.74 Å². The number of halogens is 2. The van der Waals surface area contributed by atoms with Crippen LogP contribution in [0.3, 0.4) is 0 Å². The van der Waals surface area contributed by atoms with E-state index in [-0.39, 0.29) is 18.8 Å². The number of likely N-dealkylation sites (tertiary alicyclic amines) is 1. The molecule has 0 N–H and O–H groups in total. The van der Waals surface area contributed by atoms with Crippen LogP contribution in [-0.4, -0.2) is 30.6 Å². The van der Waals surface area contributed by atoms with Gasteiger partial charge in [0.15, 0.2) is 0 Å². The van der Waals surface area contributed by atoms with Gasteiger partial charge in [-0.05, 0) is 6.50 Å². The summed E-state index contributed by atoms with van der Waals surface area (Å²) in [5.74, 6) is -1.54. The molecule has 82 valence electrons. The first-order valence-electron chi connectivity index (χ1n) is 6.97. The Hall–Kier alpha value is -1.16. The van der Waals surface area contributed by atoms with E-state index in [0.29, 0.717) is 6.07 Å². The third-order valence-corrected chi connectivity index (χ3v) is 2.14. The third-order valence-electron chi connectivity index (χ3n) is 2.14. The van der Waals surface area contributed by atoms with Crippen molar-refractivity contribution in [2.24, 2.45) is 0 Å². The van der Waals surface area contributed by atoms with Gasteiger partial charge in [-0.25, -0.2) is 8.78 Å². The van der Waals surface area contributed by atoms with Crippen molar-refractivity contribution in [3.8, 4) is 5.75 Å². The lowest BCUT2D eigenvalue weighted by Crippen LogP contribution is -2.53. The second-order valence-corrected chi connectivity index (χ2v) is 3.36. The van der Waals surface area contributed by atoms with E-state index < -0.39 is 31.1 Å². The van der Waals surface area contributed by atoms with Gasteiger partial charge in [0.2, 0.25) is 0 Å². The molecule has 0 spiro atoms. The predicted molar refractivity (Wildman–Crippen MR) is 52.9 cm³/mol. The lowest BCUT2D eigenvalue weighted by Gasteiger charge is -2.38. The Morgan fingerprint density at radius 1 is 1.47 bits per heavy atom. The highest BCUT2D eigenvalue weighted by atomic mass is 19.1. The topological polar surface area (TPSA) is 12.5 Å². The standard InChI is InChI=1S/C11H13F2NO/c1-2-14-6-11(7-14)15-10-4-8(12)3-9(13)5-10/h3-5,11H,2,6-7H2,1H3/i1D3,2D2. The number of likely N-dealkylation sites (N-methyl/N-ethyl adjacent to an activating group) is 1. The van der Waals surface area contributed by atoms with Crippen LogP contribution < -0.4 is 4.74 Å². The zero-order valence-electron chi connectivity index (χ0n) is 12.8. The molecular formula is C11H13F2NO. The summed E-state index contributed by atoms with van der Waals surface area (Å²) in [5.41, 5.74) is 0. The maximum Gasteiger partial charge on any atom is 0.129 e. The third kappa shape index (κ3) is 2.45. The van der Waals surface area contributed by atoms with Crippen molar-refractivity contribution in [3.05, 3.63) is 29.8 Å². The Balaban J connectivity index is 1.94. The van der Waals surface area contributed by atoms with Crippen LogP contribution >= 0.6 is 0 Å². The summed E-state index contributed by atoms with van der Waals surface area (Å²) in [7, 11) is 0. The van der Waals surface area contributed by atoms with Gasteiger partial charge in [0.1, 0.15) is 23.5 Å². The van der Waals surface area contributed by atoms with Crippen LogP contribution in [0.15, 0.2) is 18.2 Å². The molecule has 0 amide bonds. The Bertz CT molecular complexity index is 482. The average molecular weight is 218 g/mol. The second-order valence-electron chi connectivity index (χ2n) is 3.36. The molecule has 1 aliphatic rings. The lowest BCUT2D eigenvalue weighted by molar-refractivity contribution is 0.0235. The van der Waals surface area contributed by atoms with Crippen molar-refractivity contribution in [2.45, 2.75) is 13.0 Å². The van der Waals surface area contributed by atoms with Crippen molar-refractivity contribution in [3.63, 3.8) is 0 Å². The van der Waals surface area contributed by atoms with Gasteiger partial charge in [0.25, 0.3) is 0 Å². The highest BCUT2D eigenvalue weighted by Gasteiger charge is 2.26. The van der Waals surface area contributed by atoms with Crippen LogP contribution in [0.1, 0.15) is 13.7 Å². The normalized spacial score (nSPS) is 24.3. The molecule has 0 atom stereocenters. The van der Waals surface area contributed by atoms with Crippen molar-refractivity contribution in [1.82, 2.24) is 4.90 Å². The van der Waals surface area contributed by atoms with Gasteiger partial charge in [-0.3, -0.25) is 4.90 Å². The Morgan fingerprint density at radius 2 is 2.13 bits per heavy atom. The first-order valence-corrected chi connectivity index (χ1v) is 4.47. The van der Waals surface area contributed by atoms with E-state index in [1.807, 2.05) is 0 Å². The van der Waals surface area contributed by atoms with Gasteiger partial charge in [-0.2, -0.15) is 0 Å². The van der Waals surface area contributed by atoms with Crippen LogP contribution in [0.2, 0.25) is 0 Å². The maximum atomic E-state index is 13.0. The van der Waals surface area contributed by atoms with Crippen LogP contribution in [0.5, 0.6) is 5.75 Å². The molecule has 1 aromatic carbocycles. The summed E-state index contributed by atoms with van der Waals surface area (Å²) < 4.78 is 67.6. The smallest absolute Gasteiger partial charge is 0.129 e. The summed E-state index contributed by atoms with van der Waals surface area (Å²) in [6.45, 7) is -5.12. The lowest BCUT2D eigenvalue weighted by atomic mass is 10.1. The maximum absolute atomic E-state index is 13.0. The van der Waals surface area contributed by atoms with E-state index in [2.05, 4.69) is 0 Å². The Morgan fingerprint density at radius 3 is 2.73 bits per heavy atom. The van der Waals surface area contributed by atoms with Crippen molar-refractivity contribution in [1.29, 1.82) is 0 Å². The number of benzene rings is 1. The summed E-state index contributed by atoms with van der Waals surface area (Å²) in [4.78, 5) is 1.11. The molecule has 15 heavy (non-hydrogen) atoms. The molecular weight excluding hydrogens is 200 g/mol. The van der Waals surface area contributed by atoms with Crippen LogP contribution in [0.4, 0.5) is 8.78 Å². The zero-order valence-corrected chi connectivity index (χ0v) is 7.84. The molecule has 1 aliphatic heterocycles. The number of nitrogens with zero attached hydrogens (tertiary/aromatic N) is 1. The molecule has 0 saturated carbocycles. The fourth-order valence-electron chi connectivity index (χ4n) is 1.39. The average Bonchev–Trinajstić information content (AvgIpc) is 2.19. The minimum Gasteiger partial charge on any atom is -0.488 e. The second kappa shape index (κ2) is 4.14. The van der Waals surface area contributed by atoms with Crippen LogP contribution in [0.25, 0.3) is 0 Å². The number of hydrogen-bond acceptors (Lipinski definition) is 2. The monoisotopic (exact) mass is 218 g/mol. The van der Waals surface area contributed by atoms with E-state index in [1.165, 1.54) is 0 Å². The van der Waals surface area contributed by atoms with Crippen molar-refractivity contribution in [2.75, 3.05) is 19.6 Å². The molecule has 1 heterocycles. The SMILES string of the molecule is [2H]C([2H])([2H])C([2H])([2H])N1CC(Oc2cc(F)cc(F)c2)C1. The molecule has 0 aromatic heterocycles. The molecule has 2 rings (SSSR count). The molecule has 1 aromatic rings. The van der Waals surface area contributed by atoms with E-state index >= 15 is 0 Å². The Kier molecular flexibility index (Phi) is 1.60. The van der Waals surface area contributed by atoms with E-state index in [9.17, 15) is 8.78 Å². The van der Waals surface area contributed by atoms with Crippen LogP contribution in [-0.2, 0) is 0 Å².